The van der Waals surface area contributed by atoms with E-state index in [1.54, 1.807) is 36.9 Å². The number of rotatable bonds is 3. The van der Waals surface area contributed by atoms with Crippen LogP contribution in [0.2, 0.25) is 0 Å². The molecule has 0 bridgehead atoms. The van der Waals surface area contributed by atoms with Gasteiger partial charge in [0.25, 0.3) is 0 Å². The highest BCUT2D eigenvalue weighted by Crippen LogP contribution is 2.31. The predicted octanol–water partition coefficient (Wildman–Crippen LogP) is 2.45. The molecule has 2 rings (SSSR count). The van der Waals surface area contributed by atoms with Gasteiger partial charge in [0.1, 0.15) is 16.7 Å². The minimum atomic E-state index is -0.968. The Morgan fingerprint density at radius 3 is 2.89 bits per heavy atom. The van der Waals surface area contributed by atoms with Crippen LogP contribution in [-0.4, -0.2) is 20.9 Å². The number of hydrogen-bond acceptors (Lipinski definition) is 4. The summed E-state index contributed by atoms with van der Waals surface area (Å²) in [6.45, 7) is 1.77. The lowest BCUT2D eigenvalue weighted by atomic mass is 10.2. The van der Waals surface area contributed by atoms with Gasteiger partial charge in [-0.3, -0.25) is 4.68 Å². The predicted molar refractivity (Wildman–Crippen MR) is 70.2 cm³/mol. The zero-order chi connectivity index (χ0) is 14.0. The molecule has 0 aliphatic carbocycles. The van der Waals surface area contributed by atoms with Crippen molar-refractivity contribution in [2.45, 2.75) is 16.8 Å². The summed E-state index contributed by atoms with van der Waals surface area (Å²) in [6, 6.07) is 8.72. The average molecular weight is 273 g/mol. The van der Waals surface area contributed by atoms with Crippen molar-refractivity contribution < 1.29 is 9.90 Å². The van der Waals surface area contributed by atoms with Crippen LogP contribution < -0.4 is 0 Å². The Hall–Kier alpha value is -2.26. The van der Waals surface area contributed by atoms with Gasteiger partial charge in [-0.1, -0.05) is 17.8 Å². The van der Waals surface area contributed by atoms with E-state index >= 15 is 0 Å². The summed E-state index contributed by atoms with van der Waals surface area (Å²) < 4.78 is 1.63. The molecule has 1 aromatic carbocycles. The standard InChI is InChI=1S/C13H11N3O2S/c1-8-11(7-14)12(16(2)15-8)19-10-5-3-4-9(6-10)13(17)18/h3-6H,1-2H3,(H,17,18). The number of aryl methyl sites for hydroxylation is 2. The van der Waals surface area contributed by atoms with Gasteiger partial charge in [0.15, 0.2) is 0 Å². The molecule has 1 aromatic heterocycles. The van der Waals surface area contributed by atoms with E-state index in [-0.39, 0.29) is 5.56 Å². The van der Waals surface area contributed by atoms with Gasteiger partial charge in [-0.2, -0.15) is 10.4 Å². The first-order valence-corrected chi connectivity index (χ1v) is 6.29. The number of nitriles is 1. The van der Waals surface area contributed by atoms with E-state index in [9.17, 15) is 4.79 Å². The third-order valence-electron chi connectivity index (χ3n) is 2.58. The Labute approximate surface area is 114 Å². The SMILES string of the molecule is Cc1nn(C)c(Sc2cccc(C(=O)O)c2)c1C#N. The molecule has 96 valence electrons. The summed E-state index contributed by atoms with van der Waals surface area (Å²) >= 11 is 1.33. The van der Waals surface area contributed by atoms with Crippen molar-refractivity contribution in [1.82, 2.24) is 9.78 Å². The molecule has 0 unspecified atom stereocenters. The molecule has 0 aliphatic heterocycles. The number of aromatic nitrogens is 2. The second-order valence-corrected chi connectivity index (χ2v) is 5.00. The molecule has 0 radical (unpaired) electrons. The quantitative estimate of drug-likeness (QED) is 0.929. The van der Waals surface area contributed by atoms with Crippen molar-refractivity contribution >= 4 is 17.7 Å². The summed E-state index contributed by atoms with van der Waals surface area (Å²) in [5.74, 6) is -0.968. The fraction of sp³-hybridized carbons (Fsp3) is 0.154. The van der Waals surface area contributed by atoms with E-state index in [2.05, 4.69) is 11.2 Å². The van der Waals surface area contributed by atoms with Crippen molar-refractivity contribution in [2.75, 3.05) is 0 Å². The Balaban J connectivity index is 2.39. The minimum Gasteiger partial charge on any atom is -0.478 e. The molecule has 0 amide bonds. The molecule has 5 nitrogen and oxygen atoms in total. The summed E-state index contributed by atoms with van der Waals surface area (Å²) in [6.07, 6.45) is 0. The Bertz CT molecular complexity index is 686. The third kappa shape index (κ3) is 2.61. The summed E-state index contributed by atoms with van der Waals surface area (Å²) in [5, 5.41) is 23.0. The van der Waals surface area contributed by atoms with E-state index < -0.39 is 5.97 Å². The number of carboxylic acid groups (broad SMARTS) is 1. The molecule has 0 aliphatic rings. The van der Waals surface area contributed by atoms with Crippen molar-refractivity contribution in [3.8, 4) is 6.07 Å². The molecule has 0 saturated carbocycles. The maximum Gasteiger partial charge on any atom is 0.335 e. The lowest BCUT2D eigenvalue weighted by molar-refractivity contribution is 0.0696. The van der Waals surface area contributed by atoms with E-state index in [1.807, 2.05) is 0 Å². The zero-order valence-electron chi connectivity index (χ0n) is 10.4. The number of aromatic carboxylic acids is 1. The van der Waals surface area contributed by atoms with Crippen LogP contribution in [0.15, 0.2) is 34.2 Å². The van der Waals surface area contributed by atoms with E-state index in [1.165, 1.54) is 17.8 Å². The summed E-state index contributed by atoms with van der Waals surface area (Å²) in [7, 11) is 1.76. The van der Waals surface area contributed by atoms with Crippen LogP contribution in [0.25, 0.3) is 0 Å². The van der Waals surface area contributed by atoms with E-state index in [0.717, 1.165) is 4.90 Å². The molecule has 1 N–H and O–H groups in total. The van der Waals surface area contributed by atoms with Crippen molar-refractivity contribution in [1.29, 1.82) is 5.26 Å². The molecule has 2 aromatic rings. The maximum absolute atomic E-state index is 10.9. The minimum absolute atomic E-state index is 0.224. The van der Waals surface area contributed by atoms with Gasteiger partial charge in [0.2, 0.25) is 0 Å². The van der Waals surface area contributed by atoms with Gasteiger partial charge in [0.05, 0.1) is 11.3 Å². The van der Waals surface area contributed by atoms with Gasteiger partial charge in [-0.05, 0) is 25.1 Å². The zero-order valence-corrected chi connectivity index (χ0v) is 11.2. The third-order valence-corrected chi connectivity index (χ3v) is 3.73. The molecule has 19 heavy (non-hydrogen) atoms. The lowest BCUT2D eigenvalue weighted by Crippen LogP contribution is -1.96. The smallest absolute Gasteiger partial charge is 0.335 e. The monoisotopic (exact) mass is 273 g/mol. The van der Waals surface area contributed by atoms with Gasteiger partial charge < -0.3 is 5.11 Å². The number of nitrogens with zero attached hydrogens (tertiary/aromatic N) is 3. The molecular formula is C13H11N3O2S. The van der Waals surface area contributed by atoms with Crippen LogP contribution in [0.1, 0.15) is 21.6 Å². The summed E-state index contributed by atoms with van der Waals surface area (Å²) in [4.78, 5) is 11.7. The largest absolute Gasteiger partial charge is 0.478 e. The highest BCUT2D eigenvalue weighted by molar-refractivity contribution is 7.99. The molecule has 0 atom stereocenters. The van der Waals surface area contributed by atoms with Gasteiger partial charge in [-0.15, -0.1) is 0 Å². The first kappa shape index (κ1) is 13.2. The summed E-state index contributed by atoms with van der Waals surface area (Å²) in [5.41, 5.74) is 1.41. The Morgan fingerprint density at radius 2 is 2.26 bits per heavy atom. The fourth-order valence-corrected chi connectivity index (χ4v) is 2.71. The average Bonchev–Trinajstić information content (AvgIpc) is 2.64. The first-order valence-electron chi connectivity index (χ1n) is 5.48. The topological polar surface area (TPSA) is 78.9 Å². The van der Waals surface area contributed by atoms with Gasteiger partial charge in [-0.25, -0.2) is 4.79 Å². The number of carbonyl (C=O) groups is 1. The molecule has 1 heterocycles. The molecule has 6 heteroatoms. The number of hydrogen-bond donors (Lipinski definition) is 1. The van der Waals surface area contributed by atoms with Crippen LogP contribution in [0.3, 0.4) is 0 Å². The van der Waals surface area contributed by atoms with Crippen LogP contribution in [0.4, 0.5) is 0 Å². The Morgan fingerprint density at radius 1 is 1.53 bits per heavy atom. The van der Waals surface area contributed by atoms with Crippen molar-refractivity contribution in [3.05, 3.63) is 41.1 Å². The van der Waals surface area contributed by atoms with Crippen LogP contribution in [0, 0.1) is 18.3 Å². The maximum atomic E-state index is 10.9. The van der Waals surface area contributed by atoms with E-state index in [0.29, 0.717) is 16.3 Å². The van der Waals surface area contributed by atoms with Crippen LogP contribution in [0.5, 0.6) is 0 Å². The molecule has 0 fully saturated rings. The second kappa shape index (κ2) is 5.16. The second-order valence-electron chi connectivity index (χ2n) is 3.94. The van der Waals surface area contributed by atoms with Crippen LogP contribution >= 0.6 is 11.8 Å². The number of benzene rings is 1. The molecular weight excluding hydrogens is 262 g/mol. The fourth-order valence-electron chi connectivity index (χ4n) is 1.69. The normalized spacial score (nSPS) is 10.2. The molecule has 0 spiro atoms. The van der Waals surface area contributed by atoms with Crippen molar-refractivity contribution in [3.63, 3.8) is 0 Å². The lowest BCUT2D eigenvalue weighted by Gasteiger charge is -2.03. The highest BCUT2D eigenvalue weighted by atomic mass is 32.2. The number of carboxylic acids is 1. The van der Waals surface area contributed by atoms with Gasteiger partial charge in [0, 0.05) is 11.9 Å². The highest BCUT2D eigenvalue weighted by Gasteiger charge is 2.14. The first-order chi connectivity index (χ1) is 9.02. The Kier molecular flexibility index (Phi) is 3.58. The molecule has 0 saturated heterocycles. The van der Waals surface area contributed by atoms with Crippen LogP contribution in [-0.2, 0) is 7.05 Å². The van der Waals surface area contributed by atoms with Crippen molar-refractivity contribution in [2.24, 2.45) is 7.05 Å². The van der Waals surface area contributed by atoms with Gasteiger partial charge >= 0.3 is 5.97 Å². The van der Waals surface area contributed by atoms with E-state index in [4.69, 9.17) is 10.4 Å².